The van der Waals surface area contributed by atoms with Gasteiger partial charge in [-0.1, -0.05) is 12.1 Å². The molecule has 0 aliphatic heterocycles. The lowest BCUT2D eigenvalue weighted by Crippen LogP contribution is -2.11. The Kier molecular flexibility index (Phi) is 5.02. The van der Waals surface area contributed by atoms with Crippen LogP contribution < -0.4 is 5.32 Å². The van der Waals surface area contributed by atoms with E-state index in [1.54, 1.807) is 11.3 Å². The molecule has 8 heteroatoms. The van der Waals surface area contributed by atoms with E-state index in [1.165, 1.54) is 35.6 Å². The Morgan fingerprint density at radius 2 is 1.69 bits per heavy atom. The molecule has 4 rings (SSSR count). The molecule has 0 saturated carbocycles. The van der Waals surface area contributed by atoms with Gasteiger partial charge >= 0.3 is 0 Å². The number of carbonyl (C=O) groups excluding carboxylic acids is 1. The summed E-state index contributed by atoms with van der Waals surface area (Å²) >= 11 is 3.11. The maximum Gasteiger partial charge on any atom is 0.256 e. The average molecular weight is 443 g/mol. The van der Waals surface area contributed by atoms with E-state index in [9.17, 15) is 13.2 Å². The van der Waals surface area contributed by atoms with Crippen molar-refractivity contribution >= 4 is 53.6 Å². The molecule has 2 aromatic heterocycles. The highest BCUT2D eigenvalue weighted by Gasteiger charge is 2.20. The largest absolute Gasteiger partial charge is 0.313 e. The highest BCUT2D eigenvalue weighted by Crippen LogP contribution is 2.43. The van der Waals surface area contributed by atoms with Gasteiger partial charge in [-0.25, -0.2) is 13.4 Å². The van der Waals surface area contributed by atoms with E-state index >= 15 is 0 Å². The van der Waals surface area contributed by atoms with Crippen molar-refractivity contribution in [3.8, 4) is 10.6 Å². The van der Waals surface area contributed by atoms with Crippen LogP contribution >= 0.6 is 22.7 Å². The minimum Gasteiger partial charge on any atom is -0.313 e. The molecule has 0 atom stereocenters. The summed E-state index contributed by atoms with van der Waals surface area (Å²) in [5.41, 5.74) is 3.37. The number of aryl methyl sites for hydroxylation is 1. The van der Waals surface area contributed by atoms with Crippen molar-refractivity contribution in [2.75, 3.05) is 11.6 Å². The Hall–Kier alpha value is -2.55. The molecule has 0 saturated heterocycles. The standard InChI is InChI=1S/C21H18N2O3S3/c1-12-13(2)27-21(18(12)20-22-16-6-4-5-7-17(16)28-20)23-19(24)14-8-10-15(11-9-14)29(3,25)26/h4-11H,1-3H3,(H,23,24). The van der Waals surface area contributed by atoms with Crippen molar-refractivity contribution in [3.63, 3.8) is 0 Å². The number of fused-ring (bicyclic) bond motifs is 1. The zero-order valence-corrected chi connectivity index (χ0v) is 18.5. The number of nitrogens with zero attached hydrogens (tertiary/aromatic N) is 1. The number of benzene rings is 2. The first-order valence-corrected chi connectivity index (χ1v) is 12.3. The maximum absolute atomic E-state index is 12.8. The van der Waals surface area contributed by atoms with Crippen LogP contribution in [0.3, 0.4) is 0 Å². The van der Waals surface area contributed by atoms with Crippen LogP contribution in [0, 0.1) is 13.8 Å². The van der Waals surface area contributed by atoms with Crippen molar-refractivity contribution < 1.29 is 13.2 Å². The van der Waals surface area contributed by atoms with Gasteiger partial charge in [0.2, 0.25) is 0 Å². The Balaban J connectivity index is 1.69. The molecule has 0 fully saturated rings. The van der Waals surface area contributed by atoms with Gasteiger partial charge in [-0.05, 0) is 55.8 Å². The van der Waals surface area contributed by atoms with Gasteiger partial charge in [0.1, 0.15) is 10.0 Å². The van der Waals surface area contributed by atoms with Gasteiger partial charge in [0.15, 0.2) is 9.84 Å². The molecule has 0 unspecified atom stereocenters. The summed E-state index contributed by atoms with van der Waals surface area (Å²) in [5.74, 6) is -0.284. The topological polar surface area (TPSA) is 76.1 Å². The van der Waals surface area contributed by atoms with Gasteiger partial charge < -0.3 is 5.32 Å². The molecular formula is C21H18N2O3S3. The summed E-state index contributed by atoms with van der Waals surface area (Å²) in [7, 11) is -3.30. The molecule has 1 amide bonds. The predicted octanol–water partition coefficient (Wildman–Crippen LogP) is 5.30. The number of hydrogen-bond donors (Lipinski definition) is 1. The monoisotopic (exact) mass is 442 g/mol. The van der Waals surface area contributed by atoms with E-state index in [0.29, 0.717) is 5.56 Å². The Bertz CT molecular complexity index is 1300. The molecule has 0 aliphatic carbocycles. The molecule has 0 spiro atoms. The zero-order valence-electron chi connectivity index (χ0n) is 16.0. The van der Waals surface area contributed by atoms with Gasteiger partial charge in [-0.3, -0.25) is 4.79 Å². The molecular weight excluding hydrogens is 424 g/mol. The number of thiazole rings is 1. The molecule has 2 aromatic carbocycles. The predicted molar refractivity (Wildman–Crippen MR) is 120 cm³/mol. The number of aromatic nitrogens is 1. The van der Waals surface area contributed by atoms with E-state index in [0.717, 1.165) is 42.5 Å². The molecule has 0 aliphatic rings. The molecule has 2 heterocycles. The summed E-state index contributed by atoms with van der Waals surface area (Å²) in [5, 5.41) is 4.60. The fourth-order valence-corrected chi connectivity index (χ4v) is 5.81. The number of nitrogens with one attached hydrogen (secondary N) is 1. The zero-order chi connectivity index (χ0) is 20.8. The second-order valence-corrected chi connectivity index (χ2v) is 11.0. The Morgan fingerprint density at radius 1 is 1.00 bits per heavy atom. The highest BCUT2D eigenvalue weighted by molar-refractivity contribution is 7.90. The van der Waals surface area contributed by atoms with Crippen molar-refractivity contribution in [2.24, 2.45) is 0 Å². The number of hydrogen-bond acceptors (Lipinski definition) is 6. The molecule has 0 bridgehead atoms. The third-order valence-electron chi connectivity index (χ3n) is 4.66. The van der Waals surface area contributed by atoms with Crippen LogP contribution in [0.2, 0.25) is 0 Å². The fraction of sp³-hybridized carbons (Fsp3) is 0.143. The minimum atomic E-state index is -3.30. The van der Waals surface area contributed by atoms with Crippen LogP contribution in [-0.4, -0.2) is 25.6 Å². The first-order valence-electron chi connectivity index (χ1n) is 8.81. The van der Waals surface area contributed by atoms with Crippen LogP contribution in [0.25, 0.3) is 20.8 Å². The van der Waals surface area contributed by atoms with Crippen LogP contribution in [0.4, 0.5) is 5.00 Å². The lowest BCUT2D eigenvalue weighted by atomic mass is 10.1. The maximum atomic E-state index is 12.8. The molecule has 4 aromatic rings. The van der Waals surface area contributed by atoms with Gasteiger partial charge in [0, 0.05) is 22.3 Å². The second kappa shape index (κ2) is 7.37. The van der Waals surface area contributed by atoms with E-state index in [-0.39, 0.29) is 10.8 Å². The first kappa shape index (κ1) is 19.8. The Morgan fingerprint density at radius 3 is 2.34 bits per heavy atom. The summed E-state index contributed by atoms with van der Waals surface area (Å²) in [4.78, 5) is 18.8. The fourth-order valence-electron chi connectivity index (χ4n) is 2.98. The smallest absolute Gasteiger partial charge is 0.256 e. The molecule has 5 nitrogen and oxygen atoms in total. The molecule has 148 valence electrons. The van der Waals surface area contributed by atoms with Crippen molar-refractivity contribution in [3.05, 3.63) is 64.5 Å². The number of carbonyl (C=O) groups is 1. The van der Waals surface area contributed by atoms with Gasteiger partial charge in [0.05, 0.1) is 15.1 Å². The van der Waals surface area contributed by atoms with E-state index < -0.39 is 9.84 Å². The number of thiophene rings is 1. The third-order valence-corrected chi connectivity index (χ3v) is 7.97. The van der Waals surface area contributed by atoms with E-state index in [2.05, 4.69) is 5.32 Å². The summed E-state index contributed by atoms with van der Waals surface area (Å²) in [6, 6.07) is 13.9. The lowest BCUT2D eigenvalue weighted by Gasteiger charge is -2.06. The normalized spacial score (nSPS) is 11.7. The average Bonchev–Trinajstić information content (AvgIpc) is 3.21. The van der Waals surface area contributed by atoms with Crippen molar-refractivity contribution in [2.45, 2.75) is 18.7 Å². The number of amides is 1. The van der Waals surface area contributed by atoms with Gasteiger partial charge in [-0.15, -0.1) is 22.7 Å². The molecule has 1 N–H and O–H groups in total. The quantitative estimate of drug-likeness (QED) is 0.465. The van der Waals surface area contributed by atoms with Crippen LogP contribution in [0.5, 0.6) is 0 Å². The van der Waals surface area contributed by atoms with E-state index in [4.69, 9.17) is 4.98 Å². The van der Waals surface area contributed by atoms with Gasteiger partial charge in [-0.2, -0.15) is 0 Å². The highest BCUT2D eigenvalue weighted by atomic mass is 32.2. The number of rotatable bonds is 4. The first-order chi connectivity index (χ1) is 13.7. The minimum absolute atomic E-state index is 0.187. The SMILES string of the molecule is Cc1sc(NC(=O)c2ccc(S(C)(=O)=O)cc2)c(-c2nc3ccccc3s2)c1C. The van der Waals surface area contributed by atoms with Crippen LogP contribution in [0.15, 0.2) is 53.4 Å². The Labute approximate surface area is 177 Å². The van der Waals surface area contributed by atoms with Gasteiger partial charge in [0.25, 0.3) is 5.91 Å². The number of anilines is 1. The third kappa shape index (κ3) is 3.83. The number of para-hydroxylation sites is 1. The van der Waals surface area contributed by atoms with Crippen LogP contribution in [-0.2, 0) is 9.84 Å². The summed E-state index contributed by atoms with van der Waals surface area (Å²) in [6.45, 7) is 4.05. The van der Waals surface area contributed by atoms with E-state index in [1.807, 2.05) is 38.1 Å². The summed E-state index contributed by atoms with van der Waals surface area (Å²) < 4.78 is 24.3. The van der Waals surface area contributed by atoms with Crippen molar-refractivity contribution in [1.82, 2.24) is 4.98 Å². The lowest BCUT2D eigenvalue weighted by molar-refractivity contribution is 0.102. The second-order valence-electron chi connectivity index (χ2n) is 6.72. The number of sulfone groups is 1. The summed E-state index contributed by atoms with van der Waals surface area (Å²) in [6.07, 6.45) is 1.14. The molecule has 0 radical (unpaired) electrons. The van der Waals surface area contributed by atoms with Crippen molar-refractivity contribution in [1.29, 1.82) is 0 Å². The molecule has 29 heavy (non-hydrogen) atoms. The van der Waals surface area contributed by atoms with Crippen LogP contribution in [0.1, 0.15) is 20.8 Å².